The molecule has 3 rings (SSSR count). The Morgan fingerprint density at radius 3 is 2.37 bits per heavy atom. The van der Waals surface area contributed by atoms with E-state index < -0.39 is 58.6 Å². The van der Waals surface area contributed by atoms with Crippen LogP contribution in [0.15, 0.2) is 30.3 Å². The minimum absolute atomic E-state index is 0.164. The van der Waals surface area contributed by atoms with Crippen LogP contribution in [0.25, 0.3) is 0 Å². The van der Waals surface area contributed by atoms with Crippen LogP contribution in [0.1, 0.15) is 18.8 Å². The molecular formula is C17H19F3O9S. The van der Waals surface area contributed by atoms with Crippen molar-refractivity contribution in [3.8, 4) is 0 Å². The second kappa shape index (κ2) is 8.77. The van der Waals surface area contributed by atoms with Gasteiger partial charge < -0.3 is 23.7 Å². The minimum atomic E-state index is -6.05. The quantitative estimate of drug-likeness (QED) is 0.371. The second-order valence-electron chi connectivity index (χ2n) is 6.49. The van der Waals surface area contributed by atoms with Crippen molar-refractivity contribution in [2.24, 2.45) is 0 Å². The van der Waals surface area contributed by atoms with E-state index in [0.29, 0.717) is 5.56 Å². The third-order valence-electron chi connectivity index (χ3n) is 4.41. The second-order valence-corrected chi connectivity index (χ2v) is 8.05. The summed E-state index contributed by atoms with van der Waals surface area (Å²) in [6.45, 7) is 0.828. The smallest absolute Gasteiger partial charge is 0.454 e. The summed E-state index contributed by atoms with van der Waals surface area (Å²) in [5, 5.41) is 0. The van der Waals surface area contributed by atoms with Gasteiger partial charge in [0, 0.05) is 19.6 Å². The summed E-state index contributed by atoms with van der Waals surface area (Å²) in [6, 6.07) is 8.42. The number of esters is 1. The molecule has 2 aliphatic heterocycles. The Hall–Kier alpha value is -1.77. The van der Waals surface area contributed by atoms with Gasteiger partial charge in [0.2, 0.25) is 0 Å². The van der Waals surface area contributed by atoms with Crippen molar-refractivity contribution in [1.29, 1.82) is 0 Å². The number of hydrogen-bond donors (Lipinski definition) is 0. The fourth-order valence-corrected chi connectivity index (χ4v) is 3.76. The molecule has 0 amide bonds. The van der Waals surface area contributed by atoms with Crippen molar-refractivity contribution in [1.82, 2.24) is 0 Å². The van der Waals surface area contributed by atoms with Gasteiger partial charge in [-0.05, 0) is 0 Å². The Balaban J connectivity index is 1.95. The van der Waals surface area contributed by atoms with Gasteiger partial charge >= 0.3 is 21.6 Å². The van der Waals surface area contributed by atoms with Gasteiger partial charge in [0.15, 0.2) is 18.7 Å². The van der Waals surface area contributed by atoms with Crippen molar-refractivity contribution >= 4 is 16.1 Å². The van der Waals surface area contributed by atoms with E-state index in [4.69, 9.17) is 23.7 Å². The van der Waals surface area contributed by atoms with Crippen molar-refractivity contribution in [2.45, 2.75) is 49.4 Å². The van der Waals surface area contributed by atoms with E-state index in [-0.39, 0.29) is 6.61 Å². The van der Waals surface area contributed by atoms with Crippen molar-refractivity contribution in [3.63, 3.8) is 0 Å². The number of halogens is 3. The Labute approximate surface area is 170 Å². The van der Waals surface area contributed by atoms with Crippen LogP contribution in [0.3, 0.4) is 0 Å². The summed E-state index contributed by atoms with van der Waals surface area (Å²) in [5.74, 6) is -0.909. The number of benzene rings is 1. The first kappa shape index (κ1) is 22.9. The molecule has 2 aliphatic rings. The van der Waals surface area contributed by atoms with E-state index in [1.165, 1.54) is 0 Å². The van der Waals surface area contributed by atoms with Gasteiger partial charge in [0.1, 0.15) is 18.3 Å². The van der Waals surface area contributed by atoms with Gasteiger partial charge in [0.25, 0.3) is 0 Å². The van der Waals surface area contributed by atoms with Gasteiger partial charge in [-0.2, -0.15) is 21.6 Å². The molecule has 1 aromatic rings. The minimum Gasteiger partial charge on any atom is -0.454 e. The Morgan fingerprint density at radius 2 is 1.80 bits per heavy atom. The first-order valence-corrected chi connectivity index (χ1v) is 10.1. The van der Waals surface area contributed by atoms with Crippen LogP contribution in [0.5, 0.6) is 0 Å². The number of carbonyl (C=O) groups excluding carboxylic acids is 1. The third kappa shape index (κ3) is 4.76. The number of ether oxygens (including phenoxy) is 5. The van der Waals surface area contributed by atoms with Gasteiger partial charge in [-0.25, -0.2) is 0 Å². The van der Waals surface area contributed by atoms with Gasteiger partial charge in [-0.15, -0.1) is 0 Å². The largest absolute Gasteiger partial charge is 0.523 e. The summed E-state index contributed by atoms with van der Waals surface area (Å²) >= 11 is 0. The van der Waals surface area contributed by atoms with Crippen molar-refractivity contribution in [2.75, 3.05) is 13.7 Å². The molecule has 9 nitrogen and oxygen atoms in total. The third-order valence-corrected chi connectivity index (χ3v) is 5.45. The molecule has 0 aromatic heterocycles. The molecule has 0 spiro atoms. The SMILES string of the molecule is CO[C@@H]1O[C@@H]2CO[C@H](c3ccccc3)O[C@@H]2[C@@H](OS(=O)(=O)C(F)(F)F)[C@H]1OC(C)=O. The molecule has 0 saturated carbocycles. The van der Waals surface area contributed by atoms with Gasteiger partial charge in [-0.3, -0.25) is 8.98 Å². The van der Waals surface area contributed by atoms with E-state index in [2.05, 4.69) is 4.18 Å². The number of alkyl halides is 3. The number of hydrogen-bond acceptors (Lipinski definition) is 9. The average Bonchev–Trinajstić information content (AvgIpc) is 2.68. The Morgan fingerprint density at radius 1 is 1.13 bits per heavy atom. The first-order chi connectivity index (χ1) is 14.0. The molecule has 168 valence electrons. The monoisotopic (exact) mass is 456 g/mol. The molecule has 0 unspecified atom stereocenters. The molecule has 0 N–H and O–H groups in total. The zero-order chi connectivity index (χ0) is 22.1. The molecule has 0 bridgehead atoms. The lowest BCUT2D eigenvalue weighted by Gasteiger charge is -2.47. The number of fused-ring (bicyclic) bond motifs is 1. The first-order valence-electron chi connectivity index (χ1n) is 8.70. The van der Waals surface area contributed by atoms with E-state index in [1.54, 1.807) is 30.3 Å². The van der Waals surface area contributed by atoms with Gasteiger partial charge in [0.05, 0.1) is 6.61 Å². The molecule has 0 radical (unpaired) electrons. The molecule has 2 fully saturated rings. The number of rotatable bonds is 5. The topological polar surface area (TPSA) is 107 Å². The van der Waals surface area contributed by atoms with Crippen LogP contribution < -0.4 is 0 Å². The normalized spacial score (nSPS) is 32.3. The molecule has 13 heteroatoms. The standard InChI is InChI=1S/C17H19F3O9S/c1-9(21)26-14-13(29-30(22,23)17(18,19)20)12-11(27-16(14)24-2)8-25-15(28-12)10-6-4-3-5-7-10/h3-7,11-16H,8H2,1-2H3/t11-,12+,13-,14-,15+,16-/m1/s1. The van der Waals surface area contributed by atoms with Crippen LogP contribution in [0.2, 0.25) is 0 Å². The Kier molecular flexibility index (Phi) is 6.69. The van der Waals surface area contributed by atoms with E-state index in [0.717, 1.165) is 14.0 Å². The average molecular weight is 456 g/mol. The van der Waals surface area contributed by atoms with Crippen LogP contribution in [0, 0.1) is 0 Å². The maximum absolute atomic E-state index is 13.0. The van der Waals surface area contributed by atoms with Crippen molar-refractivity contribution < 1.29 is 54.3 Å². The summed E-state index contributed by atoms with van der Waals surface area (Å²) in [5.41, 5.74) is -5.17. The molecule has 2 heterocycles. The Bertz CT molecular complexity index is 846. The highest BCUT2D eigenvalue weighted by Crippen LogP contribution is 2.38. The fourth-order valence-electron chi connectivity index (χ4n) is 3.14. The summed E-state index contributed by atoms with van der Waals surface area (Å²) < 4.78 is 93.7. The lowest BCUT2D eigenvalue weighted by atomic mass is 9.97. The fraction of sp³-hybridized carbons (Fsp3) is 0.588. The highest BCUT2D eigenvalue weighted by Gasteiger charge is 2.58. The number of methoxy groups -OCH3 is 1. The summed E-state index contributed by atoms with van der Waals surface area (Å²) in [4.78, 5) is 11.5. The lowest BCUT2D eigenvalue weighted by Crippen LogP contribution is -2.64. The lowest BCUT2D eigenvalue weighted by molar-refractivity contribution is -0.355. The molecule has 0 aliphatic carbocycles. The predicted molar refractivity (Wildman–Crippen MR) is 91.1 cm³/mol. The zero-order valence-corrected chi connectivity index (χ0v) is 16.6. The van der Waals surface area contributed by atoms with Crippen molar-refractivity contribution in [3.05, 3.63) is 35.9 Å². The maximum Gasteiger partial charge on any atom is 0.523 e. The zero-order valence-electron chi connectivity index (χ0n) is 15.8. The van der Waals surface area contributed by atoms with Crippen LogP contribution in [0.4, 0.5) is 13.2 Å². The molecule has 30 heavy (non-hydrogen) atoms. The highest BCUT2D eigenvalue weighted by molar-refractivity contribution is 7.87. The highest BCUT2D eigenvalue weighted by atomic mass is 32.2. The molecule has 6 atom stereocenters. The summed E-state index contributed by atoms with van der Waals surface area (Å²) in [7, 11) is -4.91. The van der Waals surface area contributed by atoms with Crippen LogP contribution in [-0.2, 0) is 42.8 Å². The summed E-state index contributed by atoms with van der Waals surface area (Å²) in [6.07, 6.45) is -8.43. The maximum atomic E-state index is 13.0. The predicted octanol–water partition coefficient (Wildman–Crippen LogP) is 1.64. The van der Waals surface area contributed by atoms with Gasteiger partial charge in [-0.1, -0.05) is 30.3 Å². The number of carbonyl (C=O) groups is 1. The van der Waals surface area contributed by atoms with Crippen LogP contribution >= 0.6 is 0 Å². The van der Waals surface area contributed by atoms with E-state index >= 15 is 0 Å². The van der Waals surface area contributed by atoms with Crippen LogP contribution in [-0.4, -0.2) is 64.3 Å². The van der Waals surface area contributed by atoms with E-state index in [9.17, 15) is 26.4 Å². The molecule has 1 aromatic carbocycles. The molecule has 2 saturated heterocycles. The van der Waals surface area contributed by atoms with E-state index in [1.807, 2.05) is 0 Å². The molecular weight excluding hydrogens is 437 g/mol.